The van der Waals surface area contributed by atoms with E-state index in [1.807, 2.05) is 17.0 Å². The summed E-state index contributed by atoms with van der Waals surface area (Å²) in [5.41, 5.74) is 2.47. The fourth-order valence-corrected chi connectivity index (χ4v) is 5.86. The zero-order valence-corrected chi connectivity index (χ0v) is 21.0. The van der Waals surface area contributed by atoms with Crippen LogP contribution in [0.1, 0.15) is 34.3 Å². The van der Waals surface area contributed by atoms with Crippen LogP contribution in [-0.2, 0) is 5.41 Å². The molecule has 1 unspecified atom stereocenters. The highest BCUT2D eigenvalue weighted by Gasteiger charge is 2.54. The molecule has 0 bridgehead atoms. The highest BCUT2D eigenvalue weighted by Crippen LogP contribution is 2.52. The number of carbonyl (C=O) groups is 1. The molecule has 0 aliphatic carbocycles. The fraction of sp³-hybridized carbons (Fsp3) is 0.259. The van der Waals surface area contributed by atoms with E-state index in [-0.39, 0.29) is 23.3 Å². The van der Waals surface area contributed by atoms with Crippen LogP contribution in [0.4, 0.5) is 10.1 Å². The molecule has 35 heavy (non-hydrogen) atoms. The minimum absolute atomic E-state index is 0.0539. The first kappa shape index (κ1) is 24.3. The maximum Gasteiger partial charge on any atom is 0.186 e. The molecule has 1 fully saturated rings. The summed E-state index contributed by atoms with van der Waals surface area (Å²) >= 11 is 18.5. The number of aromatic nitrogens is 1. The predicted molar refractivity (Wildman–Crippen MR) is 140 cm³/mol. The van der Waals surface area contributed by atoms with Gasteiger partial charge in [0, 0.05) is 32.9 Å². The zero-order valence-electron chi connectivity index (χ0n) is 18.8. The normalized spacial score (nSPS) is 19.1. The average molecular weight is 531 g/mol. The van der Waals surface area contributed by atoms with Crippen molar-refractivity contribution in [2.45, 2.75) is 24.3 Å². The lowest BCUT2D eigenvalue weighted by molar-refractivity contribution is 0.0899. The molecule has 0 amide bonds. The van der Waals surface area contributed by atoms with Gasteiger partial charge >= 0.3 is 0 Å². The third kappa shape index (κ3) is 4.70. The summed E-state index contributed by atoms with van der Waals surface area (Å²) in [7, 11) is 0. The Morgan fingerprint density at radius 2 is 1.77 bits per heavy atom. The molecular weight excluding hydrogens is 508 g/mol. The Hall–Kier alpha value is -2.44. The fourth-order valence-electron chi connectivity index (χ4n) is 5.39. The van der Waals surface area contributed by atoms with Crippen LogP contribution < -0.4 is 10.2 Å². The van der Waals surface area contributed by atoms with Gasteiger partial charge < -0.3 is 10.2 Å². The second kappa shape index (κ2) is 9.90. The number of piperidine rings is 1. The number of benzene rings is 2. The van der Waals surface area contributed by atoms with Crippen LogP contribution in [-0.4, -0.2) is 36.4 Å². The average Bonchev–Trinajstić information content (AvgIpc) is 3.08. The van der Waals surface area contributed by atoms with Gasteiger partial charge in [0.05, 0.1) is 6.54 Å². The molecular formula is C27H23Cl3FN3O. The number of hydrogen-bond donors (Lipinski definition) is 1. The smallest absolute Gasteiger partial charge is 0.186 e. The number of anilines is 1. The minimum atomic E-state index is -0.610. The summed E-state index contributed by atoms with van der Waals surface area (Å²) in [5, 5.41) is 4.82. The van der Waals surface area contributed by atoms with Gasteiger partial charge in [-0.25, -0.2) is 9.37 Å². The zero-order chi connectivity index (χ0) is 24.6. The third-order valence-corrected chi connectivity index (χ3v) is 7.60. The molecule has 1 atom stereocenters. The lowest BCUT2D eigenvalue weighted by Gasteiger charge is -2.41. The van der Waals surface area contributed by atoms with Gasteiger partial charge in [-0.1, -0.05) is 46.9 Å². The van der Waals surface area contributed by atoms with Gasteiger partial charge in [0.1, 0.15) is 17.0 Å². The van der Waals surface area contributed by atoms with Gasteiger partial charge in [-0.3, -0.25) is 4.79 Å². The van der Waals surface area contributed by atoms with E-state index in [9.17, 15) is 4.79 Å². The number of ketones is 1. The summed E-state index contributed by atoms with van der Waals surface area (Å²) in [6.45, 7) is 1.45. The first-order chi connectivity index (χ1) is 16.9. The van der Waals surface area contributed by atoms with E-state index in [0.29, 0.717) is 21.2 Å². The second-order valence-corrected chi connectivity index (χ2v) is 10.2. The molecule has 5 rings (SSSR count). The van der Waals surface area contributed by atoms with E-state index in [1.165, 1.54) is 12.3 Å². The van der Waals surface area contributed by atoms with Crippen molar-refractivity contribution >= 4 is 52.3 Å². The SMILES string of the molecule is O=C(c1ccnc(Cl)c1)C1N(C/C(F)=C/c2ccc(Cl)cc2)c2ccc(Cl)cc2C12CCNCC2. The summed E-state index contributed by atoms with van der Waals surface area (Å²) < 4.78 is 15.5. The Morgan fingerprint density at radius 1 is 1.06 bits per heavy atom. The van der Waals surface area contributed by atoms with Crippen molar-refractivity contribution in [3.63, 3.8) is 0 Å². The maximum absolute atomic E-state index is 15.5. The van der Waals surface area contributed by atoms with Crippen molar-refractivity contribution in [1.82, 2.24) is 10.3 Å². The summed E-state index contributed by atoms with van der Waals surface area (Å²) in [6, 6.07) is 15.2. The van der Waals surface area contributed by atoms with Crippen LogP contribution in [0.3, 0.4) is 0 Å². The van der Waals surface area contributed by atoms with E-state index in [0.717, 1.165) is 37.2 Å². The van der Waals surface area contributed by atoms with E-state index < -0.39 is 11.5 Å². The van der Waals surface area contributed by atoms with Crippen LogP contribution >= 0.6 is 34.8 Å². The lowest BCUT2D eigenvalue weighted by atomic mass is 9.68. The molecule has 2 aromatic carbocycles. The van der Waals surface area contributed by atoms with Crippen molar-refractivity contribution in [2.75, 3.05) is 24.5 Å². The van der Waals surface area contributed by atoms with Gasteiger partial charge in [0.15, 0.2) is 5.78 Å². The van der Waals surface area contributed by atoms with Crippen LogP contribution in [0.5, 0.6) is 0 Å². The molecule has 0 saturated carbocycles. The van der Waals surface area contributed by atoms with Gasteiger partial charge in [-0.2, -0.15) is 0 Å². The maximum atomic E-state index is 15.5. The molecule has 1 aromatic heterocycles. The summed E-state index contributed by atoms with van der Waals surface area (Å²) in [5.74, 6) is -0.465. The van der Waals surface area contributed by atoms with Gasteiger partial charge in [0.25, 0.3) is 0 Å². The monoisotopic (exact) mass is 529 g/mol. The van der Waals surface area contributed by atoms with Crippen molar-refractivity contribution in [2.24, 2.45) is 0 Å². The first-order valence-electron chi connectivity index (χ1n) is 11.4. The summed E-state index contributed by atoms with van der Waals surface area (Å²) in [4.78, 5) is 20.0. The first-order valence-corrected chi connectivity index (χ1v) is 12.6. The van der Waals surface area contributed by atoms with E-state index in [1.54, 1.807) is 42.5 Å². The molecule has 2 aliphatic heterocycles. The second-order valence-electron chi connectivity index (χ2n) is 8.97. The number of fused-ring (bicyclic) bond motifs is 2. The molecule has 180 valence electrons. The predicted octanol–water partition coefficient (Wildman–Crippen LogP) is 6.75. The van der Waals surface area contributed by atoms with Crippen LogP contribution in [0.15, 0.2) is 66.6 Å². The molecule has 4 nitrogen and oxygen atoms in total. The standard InChI is InChI=1S/C27H23Cl3FN3O/c28-19-3-1-17(2-4-19)13-21(31)16-34-23-6-5-20(29)15-22(23)27(8-11-32-12-9-27)26(34)25(35)18-7-10-33-24(30)14-18/h1-7,10,13-15,26,32H,8-9,11-12,16H2/b21-13-. The number of carbonyl (C=O) groups excluding carboxylic acids is 1. The molecule has 8 heteroatoms. The number of pyridine rings is 1. The molecule has 2 aliphatic rings. The lowest BCUT2D eigenvalue weighted by Crippen LogP contribution is -2.54. The summed E-state index contributed by atoms with van der Waals surface area (Å²) in [6.07, 6.45) is 4.46. The number of Topliss-reactive ketones (excluding diaryl/α,β-unsaturated/α-hetero) is 1. The molecule has 1 N–H and O–H groups in total. The van der Waals surface area contributed by atoms with Crippen LogP contribution in [0.2, 0.25) is 15.2 Å². The van der Waals surface area contributed by atoms with Gasteiger partial charge in [-0.15, -0.1) is 0 Å². The molecule has 3 aromatic rings. The highest BCUT2D eigenvalue weighted by molar-refractivity contribution is 6.31. The van der Waals surface area contributed by atoms with E-state index in [4.69, 9.17) is 34.8 Å². The quantitative estimate of drug-likeness (QED) is 0.293. The highest BCUT2D eigenvalue weighted by atomic mass is 35.5. The van der Waals surface area contributed by atoms with E-state index in [2.05, 4.69) is 10.3 Å². The minimum Gasteiger partial charge on any atom is -0.353 e. The third-order valence-electron chi connectivity index (χ3n) is 6.91. The largest absolute Gasteiger partial charge is 0.353 e. The Balaban J connectivity index is 1.61. The van der Waals surface area contributed by atoms with Crippen molar-refractivity contribution in [3.8, 4) is 0 Å². The number of halogens is 4. The Labute approximate surface area is 218 Å². The van der Waals surface area contributed by atoms with Crippen LogP contribution in [0, 0.1) is 0 Å². The van der Waals surface area contributed by atoms with Gasteiger partial charge in [-0.05, 0) is 85.6 Å². The molecule has 0 radical (unpaired) electrons. The Bertz CT molecular complexity index is 1290. The number of nitrogens with one attached hydrogen (secondary N) is 1. The number of hydrogen-bond acceptors (Lipinski definition) is 4. The Kier molecular flexibility index (Phi) is 6.86. The van der Waals surface area contributed by atoms with Crippen LogP contribution in [0.25, 0.3) is 6.08 Å². The van der Waals surface area contributed by atoms with Crippen molar-refractivity contribution in [1.29, 1.82) is 0 Å². The Morgan fingerprint density at radius 3 is 2.49 bits per heavy atom. The van der Waals surface area contributed by atoms with Crippen molar-refractivity contribution < 1.29 is 9.18 Å². The molecule has 1 spiro atoms. The topological polar surface area (TPSA) is 45.2 Å². The van der Waals surface area contributed by atoms with Crippen molar-refractivity contribution in [3.05, 3.63) is 98.5 Å². The van der Waals surface area contributed by atoms with Gasteiger partial charge in [0.2, 0.25) is 0 Å². The number of nitrogens with zero attached hydrogens (tertiary/aromatic N) is 2. The number of rotatable bonds is 5. The molecule has 1 saturated heterocycles. The van der Waals surface area contributed by atoms with E-state index >= 15 is 4.39 Å². The molecule has 3 heterocycles.